The summed E-state index contributed by atoms with van der Waals surface area (Å²) in [5.41, 5.74) is -0.444. The first-order valence-electron chi connectivity index (χ1n) is 12.9. The van der Waals surface area contributed by atoms with E-state index in [0.717, 1.165) is 38.5 Å². The van der Waals surface area contributed by atoms with Gasteiger partial charge in [0.1, 0.15) is 0 Å². The fraction of sp³-hybridized carbons (Fsp3) is 0.962. The summed E-state index contributed by atoms with van der Waals surface area (Å²) in [4.78, 5) is 12.3. The van der Waals surface area contributed by atoms with Crippen LogP contribution in [0.15, 0.2) is 0 Å². The van der Waals surface area contributed by atoms with Gasteiger partial charge in [-0.3, -0.25) is 4.79 Å². The Morgan fingerprint density at radius 2 is 0.759 bits per heavy atom. The Bertz CT molecular complexity index is 303. The molecule has 0 spiro atoms. The van der Waals surface area contributed by atoms with Gasteiger partial charge in [0.15, 0.2) is 0 Å². The van der Waals surface area contributed by atoms with Crippen molar-refractivity contribution in [3.05, 3.63) is 0 Å². The minimum Gasteiger partial charge on any atom is -0.481 e. The van der Waals surface area contributed by atoms with Gasteiger partial charge < -0.3 is 5.11 Å². The van der Waals surface area contributed by atoms with Crippen LogP contribution in [0.25, 0.3) is 0 Å². The number of hydrogen-bond donors (Lipinski definition) is 1. The van der Waals surface area contributed by atoms with Crippen molar-refractivity contribution in [2.45, 2.75) is 156 Å². The second-order valence-electron chi connectivity index (χ2n) is 9.14. The molecule has 0 aliphatic heterocycles. The standard InChI is InChI=1S/C26H52O2.Nd/c1-4-7-10-13-16-19-22-26(25(27)28,23-20-17-14-11-8-5-2)24-21-18-15-12-9-6-3;/h4-24H2,1-3H3,(H,27,28);. The van der Waals surface area contributed by atoms with Gasteiger partial charge in [0.2, 0.25) is 0 Å². The molecule has 0 saturated heterocycles. The minimum atomic E-state index is -0.511. The summed E-state index contributed by atoms with van der Waals surface area (Å²) < 4.78 is 0. The number of hydrogen-bond acceptors (Lipinski definition) is 1. The van der Waals surface area contributed by atoms with E-state index in [9.17, 15) is 9.90 Å². The van der Waals surface area contributed by atoms with Gasteiger partial charge in [-0.15, -0.1) is 0 Å². The SMILES string of the molecule is CCCCCCCCC(CCCCCCCC)(CCCCCCCC)C(=O)O.[Nd]. The molecular formula is C26H52NdO2. The zero-order valence-electron chi connectivity index (χ0n) is 20.2. The van der Waals surface area contributed by atoms with Crippen molar-refractivity contribution in [1.29, 1.82) is 0 Å². The zero-order valence-corrected chi connectivity index (χ0v) is 23.4. The minimum absolute atomic E-state index is 0. The largest absolute Gasteiger partial charge is 0.481 e. The van der Waals surface area contributed by atoms with Crippen molar-refractivity contribution in [3.63, 3.8) is 0 Å². The van der Waals surface area contributed by atoms with Crippen LogP contribution in [-0.4, -0.2) is 11.1 Å². The Morgan fingerprint density at radius 1 is 0.517 bits per heavy atom. The summed E-state index contributed by atoms with van der Waals surface area (Å²) in [6, 6.07) is 0. The predicted molar refractivity (Wildman–Crippen MR) is 124 cm³/mol. The van der Waals surface area contributed by atoms with E-state index in [-0.39, 0.29) is 40.8 Å². The predicted octanol–water partition coefficient (Wildman–Crippen LogP) is 9.31. The van der Waals surface area contributed by atoms with Gasteiger partial charge in [-0.2, -0.15) is 0 Å². The molecule has 0 aliphatic rings. The van der Waals surface area contributed by atoms with E-state index in [1.54, 1.807) is 0 Å². The summed E-state index contributed by atoms with van der Waals surface area (Å²) >= 11 is 0. The Labute approximate surface area is 216 Å². The monoisotopic (exact) mass is 538 g/mol. The average molecular weight is 541 g/mol. The third-order valence-electron chi connectivity index (χ3n) is 6.48. The molecule has 1 N–H and O–H groups in total. The second kappa shape index (κ2) is 23.5. The molecule has 0 aromatic rings. The van der Waals surface area contributed by atoms with E-state index in [0.29, 0.717) is 0 Å². The van der Waals surface area contributed by atoms with Gasteiger partial charge in [-0.25, -0.2) is 0 Å². The quantitative estimate of drug-likeness (QED) is 0.139. The zero-order chi connectivity index (χ0) is 20.9. The first-order valence-corrected chi connectivity index (χ1v) is 12.9. The van der Waals surface area contributed by atoms with Crippen LogP contribution in [0, 0.1) is 46.3 Å². The van der Waals surface area contributed by atoms with Crippen LogP contribution in [0.4, 0.5) is 0 Å². The van der Waals surface area contributed by atoms with E-state index in [2.05, 4.69) is 20.8 Å². The van der Waals surface area contributed by atoms with Crippen LogP contribution in [0.5, 0.6) is 0 Å². The molecule has 0 fully saturated rings. The number of rotatable bonds is 22. The van der Waals surface area contributed by atoms with Gasteiger partial charge >= 0.3 is 5.97 Å². The third-order valence-corrected chi connectivity index (χ3v) is 6.48. The maximum Gasteiger partial charge on any atom is 0.309 e. The molecule has 172 valence electrons. The van der Waals surface area contributed by atoms with Crippen molar-refractivity contribution in [2.24, 2.45) is 5.41 Å². The molecule has 2 nitrogen and oxygen atoms in total. The average Bonchev–Trinajstić information content (AvgIpc) is 2.69. The van der Waals surface area contributed by atoms with E-state index in [1.165, 1.54) is 96.3 Å². The molecule has 0 aromatic heterocycles. The Kier molecular flexibility index (Phi) is 25.9. The van der Waals surface area contributed by atoms with Crippen LogP contribution in [-0.2, 0) is 4.79 Å². The van der Waals surface area contributed by atoms with Crippen molar-refractivity contribution in [1.82, 2.24) is 0 Å². The maximum absolute atomic E-state index is 12.3. The molecule has 29 heavy (non-hydrogen) atoms. The molecule has 0 rings (SSSR count). The summed E-state index contributed by atoms with van der Waals surface area (Å²) in [6.45, 7) is 6.74. The Hall–Kier alpha value is 0.821. The van der Waals surface area contributed by atoms with Crippen molar-refractivity contribution >= 4 is 5.97 Å². The molecular weight excluding hydrogens is 489 g/mol. The number of carbonyl (C=O) groups is 1. The molecule has 0 heterocycles. The van der Waals surface area contributed by atoms with E-state index < -0.39 is 11.4 Å². The van der Waals surface area contributed by atoms with E-state index in [4.69, 9.17) is 0 Å². The van der Waals surface area contributed by atoms with E-state index >= 15 is 0 Å². The number of carboxylic acid groups (broad SMARTS) is 1. The summed E-state index contributed by atoms with van der Waals surface area (Å²) in [7, 11) is 0. The first kappa shape index (κ1) is 32.0. The van der Waals surface area contributed by atoms with Crippen LogP contribution < -0.4 is 0 Å². The topological polar surface area (TPSA) is 37.3 Å². The van der Waals surface area contributed by atoms with Crippen LogP contribution in [0.1, 0.15) is 156 Å². The fourth-order valence-corrected chi connectivity index (χ4v) is 4.43. The molecule has 0 saturated carbocycles. The number of aliphatic carboxylic acids is 1. The molecule has 0 atom stereocenters. The molecule has 0 aliphatic carbocycles. The van der Waals surface area contributed by atoms with Crippen molar-refractivity contribution in [2.75, 3.05) is 0 Å². The molecule has 0 amide bonds. The fourth-order valence-electron chi connectivity index (χ4n) is 4.43. The Morgan fingerprint density at radius 3 is 1.00 bits per heavy atom. The molecule has 3 heteroatoms. The second-order valence-corrected chi connectivity index (χ2v) is 9.14. The third kappa shape index (κ3) is 18.1. The molecule has 0 radical (unpaired) electrons. The van der Waals surface area contributed by atoms with Crippen molar-refractivity contribution < 1.29 is 50.7 Å². The van der Waals surface area contributed by atoms with Gasteiger partial charge in [-0.1, -0.05) is 136 Å². The summed E-state index contributed by atoms with van der Waals surface area (Å²) in [5, 5.41) is 10.1. The Balaban J connectivity index is 0. The molecule has 0 bridgehead atoms. The summed E-state index contributed by atoms with van der Waals surface area (Å²) in [6.07, 6.45) is 25.2. The normalized spacial score (nSPS) is 11.4. The van der Waals surface area contributed by atoms with Gasteiger partial charge in [0.05, 0.1) is 5.41 Å². The summed E-state index contributed by atoms with van der Waals surface area (Å²) in [5.74, 6) is -0.511. The van der Waals surface area contributed by atoms with Crippen LogP contribution >= 0.6 is 0 Å². The smallest absolute Gasteiger partial charge is 0.309 e. The van der Waals surface area contributed by atoms with Gasteiger partial charge in [0, 0.05) is 40.8 Å². The molecule has 0 unspecified atom stereocenters. The van der Waals surface area contributed by atoms with Gasteiger partial charge in [-0.05, 0) is 19.3 Å². The van der Waals surface area contributed by atoms with E-state index in [1.807, 2.05) is 0 Å². The van der Waals surface area contributed by atoms with Gasteiger partial charge in [0.25, 0.3) is 0 Å². The first-order chi connectivity index (χ1) is 13.6. The number of unbranched alkanes of at least 4 members (excludes halogenated alkanes) is 15. The van der Waals surface area contributed by atoms with Crippen molar-refractivity contribution in [3.8, 4) is 0 Å². The van der Waals surface area contributed by atoms with Crippen LogP contribution in [0.3, 0.4) is 0 Å². The maximum atomic E-state index is 12.3. The number of carboxylic acids is 1. The molecule has 0 aromatic carbocycles. The van der Waals surface area contributed by atoms with Crippen LogP contribution in [0.2, 0.25) is 0 Å².